The maximum Gasteiger partial charge on any atom is 0.426 e. The van der Waals surface area contributed by atoms with E-state index in [1.165, 1.54) is 0 Å². The second-order valence-electron chi connectivity index (χ2n) is 4.47. The summed E-state index contributed by atoms with van der Waals surface area (Å²) in [5.41, 5.74) is -3.43. The normalized spacial score (nSPS) is 21.5. The number of nitrogens with zero attached hydrogens (tertiary/aromatic N) is 1. The van der Waals surface area contributed by atoms with Crippen LogP contribution < -0.4 is 0 Å². The maximum atomic E-state index is 12.5. The highest BCUT2D eigenvalue weighted by Gasteiger charge is 2.57. The molecule has 0 radical (unpaired) electrons. The van der Waals surface area contributed by atoms with Crippen molar-refractivity contribution in [3.05, 3.63) is 0 Å². The van der Waals surface area contributed by atoms with Crippen molar-refractivity contribution in [3.8, 4) is 0 Å². The lowest BCUT2D eigenvalue weighted by Gasteiger charge is -2.35. The molecule has 0 aromatic heterocycles. The number of amides is 1. The van der Waals surface area contributed by atoms with Crippen LogP contribution in [0, 0.1) is 5.92 Å². The van der Waals surface area contributed by atoms with Crippen molar-refractivity contribution < 1.29 is 33.0 Å². The number of halogens is 3. The molecule has 18 heavy (non-hydrogen) atoms. The monoisotopic (exact) mass is 269 g/mol. The first-order valence-corrected chi connectivity index (χ1v) is 5.38. The summed E-state index contributed by atoms with van der Waals surface area (Å²) in [7, 11) is 0. The maximum absolute atomic E-state index is 12.5. The Balaban J connectivity index is 2.69. The summed E-state index contributed by atoms with van der Waals surface area (Å²) in [6.45, 7) is 0.211. The predicted molar refractivity (Wildman–Crippen MR) is 53.6 cm³/mol. The average Bonchev–Trinajstić information content (AvgIpc) is 2.26. The number of hydrogen-bond acceptors (Lipinski definition) is 3. The molecule has 1 aliphatic rings. The Morgan fingerprint density at radius 2 is 1.67 bits per heavy atom. The number of hydrogen-bond donors (Lipinski definition) is 2. The van der Waals surface area contributed by atoms with Crippen molar-refractivity contribution in [3.63, 3.8) is 0 Å². The van der Waals surface area contributed by atoms with Crippen LogP contribution in [0.25, 0.3) is 0 Å². The zero-order valence-corrected chi connectivity index (χ0v) is 9.70. The van der Waals surface area contributed by atoms with Crippen LogP contribution in [0.1, 0.15) is 19.8 Å². The number of carboxylic acids is 1. The second-order valence-corrected chi connectivity index (χ2v) is 4.47. The molecule has 1 rings (SSSR count). The molecule has 1 saturated heterocycles. The minimum Gasteiger partial charge on any atom is -0.481 e. The van der Waals surface area contributed by atoms with E-state index in [0.717, 1.165) is 4.90 Å². The quantitative estimate of drug-likeness (QED) is 0.770. The van der Waals surface area contributed by atoms with Crippen molar-refractivity contribution >= 4 is 11.9 Å². The number of carboxylic acid groups (broad SMARTS) is 1. The van der Waals surface area contributed by atoms with Gasteiger partial charge in [-0.1, -0.05) is 0 Å². The Hall–Kier alpha value is -1.31. The highest BCUT2D eigenvalue weighted by Crippen LogP contribution is 2.32. The van der Waals surface area contributed by atoms with Crippen molar-refractivity contribution in [2.45, 2.75) is 31.5 Å². The van der Waals surface area contributed by atoms with Crippen LogP contribution in [0.15, 0.2) is 0 Å². The van der Waals surface area contributed by atoms with Gasteiger partial charge in [0.25, 0.3) is 5.91 Å². The molecule has 104 valence electrons. The molecule has 0 aromatic carbocycles. The van der Waals surface area contributed by atoms with Crippen LogP contribution in [-0.4, -0.2) is 51.9 Å². The van der Waals surface area contributed by atoms with Gasteiger partial charge in [-0.15, -0.1) is 0 Å². The van der Waals surface area contributed by atoms with E-state index in [1.54, 1.807) is 0 Å². The van der Waals surface area contributed by atoms with Crippen LogP contribution in [0.3, 0.4) is 0 Å². The van der Waals surface area contributed by atoms with Crippen molar-refractivity contribution in [1.82, 2.24) is 4.90 Å². The molecule has 0 aromatic rings. The number of aliphatic carboxylic acids is 1. The predicted octanol–water partition coefficient (Wildman–Crippen LogP) is 0.623. The minimum atomic E-state index is -5.05. The van der Waals surface area contributed by atoms with Gasteiger partial charge in [0.05, 0.1) is 5.92 Å². The lowest BCUT2D eigenvalue weighted by atomic mass is 9.95. The third-order valence-electron chi connectivity index (χ3n) is 3.10. The smallest absolute Gasteiger partial charge is 0.426 e. The Bertz CT molecular complexity index is 346. The number of alkyl halides is 3. The Morgan fingerprint density at radius 3 is 2.00 bits per heavy atom. The molecule has 0 aliphatic carbocycles. The average molecular weight is 269 g/mol. The zero-order chi connectivity index (χ0) is 14.1. The Kier molecular flexibility index (Phi) is 3.89. The van der Waals surface area contributed by atoms with Gasteiger partial charge in [-0.05, 0) is 19.8 Å². The van der Waals surface area contributed by atoms with Gasteiger partial charge in [0, 0.05) is 13.1 Å². The molecule has 8 heteroatoms. The molecule has 1 amide bonds. The fourth-order valence-electron chi connectivity index (χ4n) is 1.76. The molecule has 1 fully saturated rings. The van der Waals surface area contributed by atoms with E-state index >= 15 is 0 Å². The molecule has 1 aliphatic heterocycles. The third-order valence-corrected chi connectivity index (χ3v) is 3.10. The van der Waals surface area contributed by atoms with Gasteiger partial charge in [0.1, 0.15) is 0 Å². The van der Waals surface area contributed by atoms with E-state index < -0.39 is 29.6 Å². The standard InChI is InChI=1S/C10H14F3NO4/c1-9(18,10(11,12)13)8(17)14-4-2-6(3-5-14)7(15)16/h6,18H,2-5H2,1H3,(H,15,16)/t9-/m1/s1. The van der Waals surface area contributed by atoms with E-state index in [4.69, 9.17) is 5.11 Å². The molecule has 0 unspecified atom stereocenters. The zero-order valence-electron chi connectivity index (χ0n) is 9.70. The number of carbonyl (C=O) groups is 2. The summed E-state index contributed by atoms with van der Waals surface area (Å²) >= 11 is 0. The van der Waals surface area contributed by atoms with E-state index in [9.17, 15) is 27.9 Å². The number of aliphatic hydroxyl groups is 1. The summed E-state index contributed by atoms with van der Waals surface area (Å²) < 4.78 is 37.4. The fraction of sp³-hybridized carbons (Fsp3) is 0.800. The summed E-state index contributed by atoms with van der Waals surface area (Å²) in [5, 5.41) is 17.9. The minimum absolute atomic E-state index is 0.0923. The SMILES string of the molecule is C[C@@](O)(C(=O)N1CCC(C(=O)O)CC1)C(F)(F)F. The summed E-state index contributed by atoms with van der Waals surface area (Å²) in [5.74, 6) is -3.10. The molecule has 0 saturated carbocycles. The van der Waals surface area contributed by atoms with Gasteiger partial charge in [-0.3, -0.25) is 9.59 Å². The van der Waals surface area contributed by atoms with E-state index in [-0.39, 0.29) is 25.9 Å². The Morgan fingerprint density at radius 1 is 1.22 bits per heavy atom. The molecular weight excluding hydrogens is 255 g/mol. The summed E-state index contributed by atoms with van der Waals surface area (Å²) in [6.07, 6.45) is -4.86. The molecule has 5 nitrogen and oxygen atoms in total. The first kappa shape index (κ1) is 14.7. The first-order chi connectivity index (χ1) is 8.07. The van der Waals surface area contributed by atoms with Crippen molar-refractivity contribution in [1.29, 1.82) is 0 Å². The largest absolute Gasteiger partial charge is 0.481 e. The summed E-state index contributed by atoms with van der Waals surface area (Å²) in [6, 6.07) is 0. The van der Waals surface area contributed by atoms with E-state index in [0.29, 0.717) is 6.92 Å². The summed E-state index contributed by atoms with van der Waals surface area (Å²) in [4.78, 5) is 23.1. The highest BCUT2D eigenvalue weighted by atomic mass is 19.4. The van der Waals surface area contributed by atoms with Crippen LogP contribution in [-0.2, 0) is 9.59 Å². The molecule has 0 bridgehead atoms. The fourth-order valence-corrected chi connectivity index (χ4v) is 1.76. The van der Waals surface area contributed by atoms with Crippen LogP contribution in [0.4, 0.5) is 13.2 Å². The number of rotatable bonds is 2. The Labute approximate surface area is 101 Å². The number of piperidine rings is 1. The van der Waals surface area contributed by atoms with E-state index in [2.05, 4.69) is 0 Å². The number of carbonyl (C=O) groups excluding carboxylic acids is 1. The number of likely N-dealkylation sites (tertiary alicyclic amines) is 1. The van der Waals surface area contributed by atoms with Crippen LogP contribution in [0.5, 0.6) is 0 Å². The van der Waals surface area contributed by atoms with Gasteiger partial charge in [0.2, 0.25) is 5.60 Å². The molecule has 1 heterocycles. The van der Waals surface area contributed by atoms with Gasteiger partial charge in [-0.25, -0.2) is 0 Å². The van der Waals surface area contributed by atoms with Crippen molar-refractivity contribution in [2.24, 2.45) is 5.92 Å². The van der Waals surface area contributed by atoms with Gasteiger partial charge in [-0.2, -0.15) is 13.2 Å². The van der Waals surface area contributed by atoms with Crippen LogP contribution in [0.2, 0.25) is 0 Å². The van der Waals surface area contributed by atoms with Gasteiger partial charge < -0.3 is 15.1 Å². The second kappa shape index (κ2) is 4.75. The molecule has 1 atom stereocenters. The van der Waals surface area contributed by atoms with Gasteiger partial charge >= 0.3 is 12.1 Å². The molecular formula is C10H14F3NO4. The molecule has 0 spiro atoms. The lowest BCUT2D eigenvalue weighted by molar-refractivity contribution is -0.250. The van der Waals surface area contributed by atoms with Crippen molar-refractivity contribution in [2.75, 3.05) is 13.1 Å². The van der Waals surface area contributed by atoms with Gasteiger partial charge in [0.15, 0.2) is 0 Å². The first-order valence-electron chi connectivity index (χ1n) is 5.38. The highest BCUT2D eigenvalue weighted by molar-refractivity contribution is 5.85. The van der Waals surface area contributed by atoms with E-state index in [1.807, 2.05) is 0 Å². The third kappa shape index (κ3) is 2.74. The topological polar surface area (TPSA) is 77.8 Å². The van der Waals surface area contributed by atoms with Crippen LogP contribution >= 0.6 is 0 Å². The molecule has 2 N–H and O–H groups in total. The lowest BCUT2D eigenvalue weighted by Crippen LogP contribution is -2.57.